The number of benzene rings is 1. The molecular formula is C24H28FN7O5S. The van der Waals surface area contributed by atoms with Crippen LogP contribution in [0.1, 0.15) is 20.3 Å². The molecule has 0 amide bonds. The first-order valence-electron chi connectivity index (χ1n) is 11.2. The minimum Gasteiger partial charge on any atom is -0.494 e. The van der Waals surface area contributed by atoms with E-state index in [1.807, 2.05) is 0 Å². The van der Waals surface area contributed by atoms with Gasteiger partial charge in [-0.1, -0.05) is 6.07 Å². The second-order valence-corrected chi connectivity index (χ2v) is 9.96. The fourth-order valence-corrected chi connectivity index (χ4v) is 4.33. The average Bonchev–Trinajstić information content (AvgIpc) is 3.32. The van der Waals surface area contributed by atoms with Crippen LogP contribution in [0.4, 0.5) is 10.3 Å². The molecule has 1 N–H and O–H groups in total. The average molecular weight is 546 g/mol. The van der Waals surface area contributed by atoms with E-state index in [9.17, 15) is 12.8 Å². The van der Waals surface area contributed by atoms with Crippen LogP contribution in [0.25, 0.3) is 17.1 Å². The highest BCUT2D eigenvalue weighted by molar-refractivity contribution is 7.93. The number of ether oxygens (including phenoxy) is 3. The monoisotopic (exact) mass is 545 g/mol. The molecule has 14 heteroatoms. The van der Waals surface area contributed by atoms with Crippen LogP contribution in [0.5, 0.6) is 17.4 Å². The highest BCUT2D eigenvalue weighted by Crippen LogP contribution is 2.38. The van der Waals surface area contributed by atoms with Crippen LogP contribution in [-0.2, 0) is 10.0 Å². The van der Waals surface area contributed by atoms with Gasteiger partial charge in [-0.2, -0.15) is 0 Å². The number of methoxy groups -OCH3 is 3. The molecule has 1 aromatic carbocycles. The molecule has 0 spiro atoms. The third-order valence-electron chi connectivity index (χ3n) is 5.30. The lowest BCUT2D eigenvalue weighted by molar-refractivity contribution is 0.391. The number of aromatic nitrogens is 4. The van der Waals surface area contributed by atoms with Crippen LogP contribution in [0.15, 0.2) is 58.5 Å². The van der Waals surface area contributed by atoms with E-state index in [1.54, 1.807) is 30.3 Å². The second kappa shape index (κ2) is 12.3. The van der Waals surface area contributed by atoms with Crippen molar-refractivity contribution in [3.05, 3.63) is 48.6 Å². The fourth-order valence-electron chi connectivity index (χ4n) is 3.38. The van der Waals surface area contributed by atoms with E-state index >= 15 is 0 Å². The van der Waals surface area contributed by atoms with Crippen molar-refractivity contribution in [1.82, 2.24) is 19.7 Å². The number of nitrogens with zero attached hydrogens (tertiary/aromatic N) is 6. The lowest BCUT2D eigenvalue weighted by Crippen LogP contribution is -2.28. The highest BCUT2D eigenvalue weighted by atomic mass is 32.2. The first kappa shape index (κ1) is 28.2. The molecule has 0 unspecified atom stereocenters. The maximum atomic E-state index is 13.3. The number of para-hydroxylation sites is 1. The van der Waals surface area contributed by atoms with Gasteiger partial charge in [-0.15, -0.1) is 10.2 Å². The Morgan fingerprint density at radius 3 is 2.45 bits per heavy atom. The normalized spacial score (nSPS) is 13.1. The molecule has 0 bridgehead atoms. The van der Waals surface area contributed by atoms with E-state index in [-0.39, 0.29) is 24.0 Å². The smallest absolute Gasteiger partial charge is 0.243 e. The van der Waals surface area contributed by atoms with E-state index in [1.165, 1.54) is 45.9 Å². The van der Waals surface area contributed by atoms with Crippen LogP contribution in [0.2, 0.25) is 0 Å². The summed E-state index contributed by atoms with van der Waals surface area (Å²) in [6, 6.07) is 8.40. The summed E-state index contributed by atoms with van der Waals surface area (Å²) in [6.45, 7) is 6.05. The van der Waals surface area contributed by atoms with Crippen LogP contribution in [0.3, 0.4) is 0 Å². The number of anilines is 1. The molecule has 0 aliphatic carbocycles. The lowest BCUT2D eigenvalue weighted by Gasteiger charge is -2.19. The number of allylic oxidation sites excluding steroid dienone is 1. The van der Waals surface area contributed by atoms with Gasteiger partial charge < -0.3 is 14.2 Å². The number of sulfonamides is 1. The molecule has 38 heavy (non-hydrogen) atoms. The molecule has 2 aromatic heterocycles. The van der Waals surface area contributed by atoms with E-state index in [2.05, 4.69) is 36.6 Å². The second-order valence-electron chi connectivity index (χ2n) is 7.86. The van der Waals surface area contributed by atoms with Crippen molar-refractivity contribution >= 4 is 28.5 Å². The fraction of sp³-hybridized carbons (Fsp3) is 0.292. The molecule has 0 aliphatic rings. The van der Waals surface area contributed by atoms with Gasteiger partial charge in [0.15, 0.2) is 5.82 Å². The quantitative estimate of drug-likeness (QED) is 0.283. The number of rotatable bonds is 11. The molecule has 3 rings (SSSR count). The first-order chi connectivity index (χ1) is 18.1. The van der Waals surface area contributed by atoms with Gasteiger partial charge in [-0.25, -0.2) is 27.8 Å². The highest BCUT2D eigenvalue weighted by Gasteiger charge is 2.28. The van der Waals surface area contributed by atoms with E-state index in [4.69, 9.17) is 14.2 Å². The molecule has 0 saturated heterocycles. The van der Waals surface area contributed by atoms with E-state index in [0.717, 1.165) is 6.20 Å². The number of pyridine rings is 1. The van der Waals surface area contributed by atoms with Crippen molar-refractivity contribution in [2.24, 2.45) is 9.98 Å². The van der Waals surface area contributed by atoms with E-state index < -0.39 is 21.1 Å². The molecule has 0 saturated carbocycles. The third-order valence-corrected chi connectivity index (χ3v) is 6.99. The van der Waals surface area contributed by atoms with Gasteiger partial charge in [0.25, 0.3) is 0 Å². The number of amidine groups is 1. The number of hydrogen-bond donors (Lipinski definition) is 1. The maximum Gasteiger partial charge on any atom is 0.243 e. The number of nitrogens with one attached hydrogen (secondary N) is 1. The zero-order valence-electron chi connectivity index (χ0n) is 21.5. The zero-order valence-corrected chi connectivity index (χ0v) is 22.4. The van der Waals surface area contributed by atoms with Gasteiger partial charge in [0.05, 0.1) is 32.8 Å². The minimum atomic E-state index is -4.08. The van der Waals surface area contributed by atoms with Gasteiger partial charge in [0, 0.05) is 24.2 Å². The summed E-state index contributed by atoms with van der Waals surface area (Å²) in [5.74, 6) is 0.696. The number of aliphatic imine (C=N–C) groups is 2. The Morgan fingerprint density at radius 2 is 1.87 bits per heavy atom. The molecule has 0 radical (unpaired) electrons. The minimum absolute atomic E-state index is 0.0531. The van der Waals surface area contributed by atoms with Crippen molar-refractivity contribution in [3.8, 4) is 34.5 Å². The van der Waals surface area contributed by atoms with Gasteiger partial charge in [-0.3, -0.25) is 9.29 Å². The largest absolute Gasteiger partial charge is 0.494 e. The van der Waals surface area contributed by atoms with E-state index in [0.29, 0.717) is 28.6 Å². The predicted octanol–water partition coefficient (Wildman–Crippen LogP) is 3.81. The van der Waals surface area contributed by atoms with Crippen LogP contribution in [0, 0.1) is 0 Å². The van der Waals surface area contributed by atoms with Crippen molar-refractivity contribution in [2.75, 3.05) is 26.1 Å². The number of halogens is 1. The zero-order chi connectivity index (χ0) is 27.9. The molecule has 12 nitrogen and oxygen atoms in total. The Bertz CT molecular complexity index is 1440. The standard InChI is InChI=1S/C24H28FN7O5S/c1-15(25)14-28-20(26-3)12-16(2)38(33,34)31-24-30-29-23(17-10-11-27-21(13-17)37-6)32(24)22-18(35-4)8-7-9-19(22)36-5/h7-11,13-14,16H,3,12H2,1-2,4-6H3,(H,30,31)/b15-14+,28-20-/t16-/m0/s1. The molecule has 202 valence electrons. The summed E-state index contributed by atoms with van der Waals surface area (Å²) in [5.41, 5.74) is 0.895. The molecule has 3 aromatic rings. The van der Waals surface area contributed by atoms with Crippen LogP contribution >= 0.6 is 0 Å². The number of hydrogen-bond acceptors (Lipinski definition) is 9. The van der Waals surface area contributed by atoms with Gasteiger partial charge >= 0.3 is 0 Å². The van der Waals surface area contributed by atoms with Gasteiger partial charge in [0.2, 0.25) is 21.9 Å². The Hall–Kier alpha value is -4.33. The van der Waals surface area contributed by atoms with Crippen molar-refractivity contribution < 1.29 is 27.0 Å². The summed E-state index contributed by atoms with van der Waals surface area (Å²) in [6.07, 6.45) is 2.33. The Morgan fingerprint density at radius 1 is 1.18 bits per heavy atom. The SMILES string of the molecule is C=N/C(C[C@H](C)S(=O)(=O)Nc1nnc(-c2ccnc(OC)c2)n1-c1c(OC)cccc1OC)=N\C=C(/C)F. The van der Waals surface area contributed by atoms with Crippen LogP contribution < -0.4 is 18.9 Å². The molecule has 1 atom stereocenters. The summed E-state index contributed by atoms with van der Waals surface area (Å²) < 4.78 is 60.1. The molecule has 0 aliphatic heterocycles. The summed E-state index contributed by atoms with van der Waals surface area (Å²) in [5, 5.41) is 7.33. The molecule has 0 fully saturated rings. The Labute approximate surface area is 220 Å². The summed E-state index contributed by atoms with van der Waals surface area (Å²) in [7, 11) is 0.335. The Kier molecular flexibility index (Phi) is 9.12. The first-order valence-corrected chi connectivity index (χ1v) is 12.7. The van der Waals surface area contributed by atoms with Crippen molar-refractivity contribution in [1.29, 1.82) is 0 Å². The van der Waals surface area contributed by atoms with Crippen molar-refractivity contribution in [3.63, 3.8) is 0 Å². The Balaban J connectivity index is 2.15. The van der Waals surface area contributed by atoms with Gasteiger partial charge in [0.1, 0.15) is 28.8 Å². The van der Waals surface area contributed by atoms with Gasteiger partial charge in [-0.05, 0) is 38.8 Å². The topological polar surface area (TPSA) is 142 Å². The molecular weight excluding hydrogens is 517 g/mol. The maximum absolute atomic E-state index is 13.3. The van der Waals surface area contributed by atoms with Crippen molar-refractivity contribution in [2.45, 2.75) is 25.5 Å². The lowest BCUT2D eigenvalue weighted by atomic mass is 10.2. The third kappa shape index (κ3) is 6.32. The molecule has 2 heterocycles. The van der Waals surface area contributed by atoms with Crippen LogP contribution in [-0.4, -0.2) is 67.3 Å². The predicted molar refractivity (Wildman–Crippen MR) is 143 cm³/mol. The summed E-state index contributed by atoms with van der Waals surface area (Å²) >= 11 is 0. The summed E-state index contributed by atoms with van der Waals surface area (Å²) in [4.78, 5) is 11.7.